The predicted octanol–water partition coefficient (Wildman–Crippen LogP) is 4.10. The first-order chi connectivity index (χ1) is 14.3. The van der Waals surface area contributed by atoms with Crippen LogP contribution in [0.2, 0.25) is 0 Å². The molecule has 2 atom stereocenters. The second-order valence-electron chi connectivity index (χ2n) is 7.26. The molecule has 0 saturated carbocycles. The molecule has 0 radical (unpaired) electrons. The summed E-state index contributed by atoms with van der Waals surface area (Å²) >= 11 is 0. The maximum absolute atomic E-state index is 5.75. The number of ether oxygens (including phenoxy) is 5. The summed E-state index contributed by atoms with van der Waals surface area (Å²) in [4.78, 5) is 0. The van der Waals surface area contributed by atoms with Crippen molar-refractivity contribution in [3.8, 4) is 11.1 Å². The van der Waals surface area contributed by atoms with Crippen LogP contribution >= 0.6 is 0 Å². The summed E-state index contributed by atoms with van der Waals surface area (Å²) in [6, 6.07) is 19.3. The smallest absolute Gasteiger partial charge is 0.146 e. The lowest BCUT2D eigenvalue weighted by Gasteiger charge is -2.17. The Morgan fingerprint density at radius 3 is 2.41 bits per heavy atom. The lowest BCUT2D eigenvalue weighted by atomic mass is 10.0. The van der Waals surface area contributed by atoms with Crippen molar-refractivity contribution >= 4 is 0 Å². The molecule has 0 bridgehead atoms. The fraction of sp³-hybridized carbons (Fsp3) is 0.500. The number of rotatable bonds is 15. The molecule has 158 valence electrons. The van der Waals surface area contributed by atoms with Crippen molar-refractivity contribution in [2.45, 2.75) is 31.5 Å². The maximum atomic E-state index is 5.75. The zero-order chi connectivity index (χ0) is 20.2. The van der Waals surface area contributed by atoms with Crippen LogP contribution in [0.15, 0.2) is 54.6 Å². The molecular weight excluding hydrogens is 368 g/mol. The summed E-state index contributed by atoms with van der Waals surface area (Å²) in [5.41, 5.74) is 3.84. The van der Waals surface area contributed by atoms with Crippen molar-refractivity contribution in [1.29, 1.82) is 0 Å². The predicted molar refractivity (Wildman–Crippen MR) is 113 cm³/mol. The molecule has 1 heterocycles. The van der Waals surface area contributed by atoms with E-state index in [1.54, 1.807) is 7.11 Å². The van der Waals surface area contributed by atoms with E-state index in [-0.39, 0.29) is 12.9 Å². The van der Waals surface area contributed by atoms with E-state index in [0.29, 0.717) is 32.5 Å². The minimum absolute atomic E-state index is 0.0327. The Balaban J connectivity index is 1.34. The third-order valence-electron chi connectivity index (χ3n) is 4.86. The van der Waals surface area contributed by atoms with Crippen molar-refractivity contribution in [3.05, 3.63) is 60.2 Å². The van der Waals surface area contributed by atoms with E-state index in [4.69, 9.17) is 23.7 Å². The van der Waals surface area contributed by atoms with Crippen LogP contribution in [0.4, 0.5) is 0 Å². The highest BCUT2D eigenvalue weighted by atomic mass is 16.7. The molecule has 5 nitrogen and oxygen atoms in total. The third-order valence-corrected chi connectivity index (χ3v) is 4.86. The van der Waals surface area contributed by atoms with Crippen molar-refractivity contribution < 1.29 is 23.7 Å². The molecule has 0 aromatic heterocycles. The van der Waals surface area contributed by atoms with Gasteiger partial charge < -0.3 is 23.7 Å². The zero-order valence-electron chi connectivity index (χ0n) is 17.3. The average Bonchev–Trinajstić information content (AvgIpc) is 3.59. The normalized spacial score (nSPS) is 16.7. The second kappa shape index (κ2) is 12.7. The number of methoxy groups -OCH3 is 1. The molecule has 29 heavy (non-hydrogen) atoms. The van der Waals surface area contributed by atoms with Crippen LogP contribution in [0.5, 0.6) is 0 Å². The van der Waals surface area contributed by atoms with Gasteiger partial charge in [0.05, 0.1) is 39.1 Å². The number of benzene rings is 2. The van der Waals surface area contributed by atoms with Crippen LogP contribution in [0.3, 0.4) is 0 Å². The molecule has 0 unspecified atom stereocenters. The quantitative estimate of drug-likeness (QED) is 0.256. The van der Waals surface area contributed by atoms with Gasteiger partial charge >= 0.3 is 0 Å². The first kappa shape index (κ1) is 21.9. The van der Waals surface area contributed by atoms with E-state index < -0.39 is 0 Å². The molecule has 1 aliphatic rings. The Labute approximate surface area is 173 Å². The molecule has 1 aliphatic heterocycles. The third kappa shape index (κ3) is 8.64. The molecular formula is C24H32O5. The van der Waals surface area contributed by atoms with Gasteiger partial charge in [-0.1, -0.05) is 54.6 Å². The highest BCUT2D eigenvalue weighted by molar-refractivity contribution is 5.63. The Morgan fingerprint density at radius 2 is 1.69 bits per heavy atom. The zero-order valence-corrected chi connectivity index (χ0v) is 17.3. The van der Waals surface area contributed by atoms with Gasteiger partial charge in [-0.25, -0.2) is 0 Å². The molecule has 0 N–H and O–H groups in total. The lowest BCUT2D eigenvalue weighted by Crippen LogP contribution is -2.23. The van der Waals surface area contributed by atoms with E-state index in [1.165, 1.54) is 16.7 Å². The summed E-state index contributed by atoms with van der Waals surface area (Å²) < 4.78 is 27.1. The Kier molecular flexibility index (Phi) is 9.63. The van der Waals surface area contributed by atoms with Gasteiger partial charge in [-0.05, 0) is 36.0 Å². The van der Waals surface area contributed by atoms with Gasteiger partial charge in [0.2, 0.25) is 0 Å². The number of hydrogen-bond acceptors (Lipinski definition) is 5. The van der Waals surface area contributed by atoms with Crippen LogP contribution < -0.4 is 0 Å². The van der Waals surface area contributed by atoms with Gasteiger partial charge in [-0.3, -0.25) is 0 Å². The second-order valence-corrected chi connectivity index (χ2v) is 7.26. The van der Waals surface area contributed by atoms with E-state index in [0.717, 1.165) is 25.9 Å². The van der Waals surface area contributed by atoms with Crippen LogP contribution in [-0.4, -0.2) is 59.1 Å². The van der Waals surface area contributed by atoms with Crippen molar-refractivity contribution in [2.75, 3.05) is 46.9 Å². The fourth-order valence-corrected chi connectivity index (χ4v) is 3.12. The van der Waals surface area contributed by atoms with Crippen LogP contribution in [0.1, 0.15) is 18.4 Å². The minimum atomic E-state index is 0.0327. The van der Waals surface area contributed by atoms with Crippen molar-refractivity contribution in [3.63, 3.8) is 0 Å². The topological polar surface area (TPSA) is 49.5 Å². The molecule has 0 spiro atoms. The molecule has 0 amide bonds. The highest BCUT2D eigenvalue weighted by Crippen LogP contribution is 2.20. The van der Waals surface area contributed by atoms with E-state index >= 15 is 0 Å². The largest absolute Gasteiger partial charge is 0.376 e. The van der Waals surface area contributed by atoms with E-state index in [2.05, 4.69) is 48.5 Å². The Hall–Kier alpha value is -1.76. The van der Waals surface area contributed by atoms with Crippen LogP contribution in [-0.2, 0) is 30.1 Å². The monoisotopic (exact) mass is 400 g/mol. The summed E-state index contributed by atoms with van der Waals surface area (Å²) in [5, 5.41) is 0. The first-order valence-corrected chi connectivity index (χ1v) is 10.4. The number of epoxide rings is 1. The molecule has 2 aromatic carbocycles. The van der Waals surface area contributed by atoms with Crippen LogP contribution in [0, 0.1) is 0 Å². The maximum Gasteiger partial charge on any atom is 0.146 e. The van der Waals surface area contributed by atoms with Crippen LogP contribution in [0.25, 0.3) is 11.1 Å². The highest BCUT2D eigenvalue weighted by Gasteiger charge is 2.22. The molecule has 3 rings (SSSR count). The van der Waals surface area contributed by atoms with Gasteiger partial charge in [-0.15, -0.1) is 0 Å². The van der Waals surface area contributed by atoms with Gasteiger partial charge in [0.1, 0.15) is 12.9 Å². The Morgan fingerprint density at radius 1 is 0.966 bits per heavy atom. The summed E-state index contributed by atoms with van der Waals surface area (Å²) in [5.74, 6) is 0. The SMILES string of the molecule is COCO[C@@H](CCCc1ccc(-c2ccccc2)cc1)COCCOC[C@@H]1CO1. The Bertz CT molecular complexity index is 669. The summed E-state index contributed by atoms with van der Waals surface area (Å²) in [6.45, 7) is 3.48. The first-order valence-electron chi connectivity index (χ1n) is 10.4. The number of aryl methyl sites for hydroxylation is 1. The minimum Gasteiger partial charge on any atom is -0.376 e. The van der Waals surface area contributed by atoms with E-state index in [1.807, 2.05) is 6.07 Å². The summed E-state index contributed by atoms with van der Waals surface area (Å²) in [6.07, 6.45) is 3.32. The summed E-state index contributed by atoms with van der Waals surface area (Å²) in [7, 11) is 1.64. The number of hydrogen-bond donors (Lipinski definition) is 0. The van der Waals surface area contributed by atoms with Gasteiger partial charge in [0, 0.05) is 7.11 Å². The molecule has 1 saturated heterocycles. The van der Waals surface area contributed by atoms with Crippen molar-refractivity contribution in [2.24, 2.45) is 0 Å². The molecule has 1 fully saturated rings. The molecule has 5 heteroatoms. The van der Waals surface area contributed by atoms with Gasteiger partial charge in [0.25, 0.3) is 0 Å². The standard InChI is InChI=1S/C24H32O5/c1-25-19-29-23(16-26-14-15-27-17-24-18-28-24)9-5-6-20-10-12-22(13-11-20)21-7-3-2-4-8-21/h2-4,7-8,10-13,23-24H,5-6,9,14-19H2,1H3/t23-,24+/m0/s1. The fourth-order valence-electron chi connectivity index (χ4n) is 3.12. The van der Waals surface area contributed by atoms with E-state index in [9.17, 15) is 0 Å². The van der Waals surface area contributed by atoms with Crippen molar-refractivity contribution in [1.82, 2.24) is 0 Å². The van der Waals surface area contributed by atoms with Gasteiger partial charge in [0.15, 0.2) is 0 Å². The molecule has 0 aliphatic carbocycles. The molecule has 2 aromatic rings. The van der Waals surface area contributed by atoms with Gasteiger partial charge in [-0.2, -0.15) is 0 Å². The lowest BCUT2D eigenvalue weighted by molar-refractivity contribution is -0.103. The average molecular weight is 401 g/mol.